The number of nitrogens with one attached hydrogen (secondary N) is 1. The molecule has 2 aromatic heterocycles. The lowest BCUT2D eigenvalue weighted by molar-refractivity contribution is 0.276. The van der Waals surface area contributed by atoms with E-state index in [0.717, 1.165) is 43.5 Å². The summed E-state index contributed by atoms with van der Waals surface area (Å²) in [6.45, 7) is 0.944. The Morgan fingerprint density at radius 2 is 2.17 bits per heavy atom. The third-order valence-corrected chi connectivity index (χ3v) is 5.91. The second kappa shape index (κ2) is 6.73. The van der Waals surface area contributed by atoms with E-state index in [1.54, 1.807) is 11.8 Å². The van der Waals surface area contributed by atoms with E-state index >= 15 is 0 Å². The molecule has 0 bridgehead atoms. The number of aromatic amines is 1. The van der Waals surface area contributed by atoms with E-state index in [0.29, 0.717) is 5.92 Å². The van der Waals surface area contributed by atoms with Gasteiger partial charge in [-0.2, -0.15) is 15.5 Å². The molecule has 1 unspecified atom stereocenters. The maximum atomic E-state index is 9.01. The summed E-state index contributed by atoms with van der Waals surface area (Å²) in [7, 11) is 0. The van der Waals surface area contributed by atoms with Crippen molar-refractivity contribution in [2.24, 2.45) is 11.8 Å². The Balaban J connectivity index is 1.42. The van der Waals surface area contributed by atoms with E-state index < -0.39 is 0 Å². The van der Waals surface area contributed by atoms with Gasteiger partial charge >= 0.3 is 0 Å². The average Bonchev–Trinajstić information content (AvgIpc) is 3.35. The predicted octanol–water partition coefficient (Wildman–Crippen LogP) is 3.66. The summed E-state index contributed by atoms with van der Waals surface area (Å²) in [5, 5.41) is 22.8. The summed E-state index contributed by atoms with van der Waals surface area (Å²) in [4.78, 5) is 2.23. The smallest absolute Gasteiger partial charge is 0.112 e. The summed E-state index contributed by atoms with van der Waals surface area (Å²) in [5.74, 6) is 0.896. The van der Waals surface area contributed by atoms with Crippen molar-refractivity contribution in [3.8, 4) is 6.07 Å². The number of hydrogen-bond acceptors (Lipinski definition) is 5. The van der Waals surface area contributed by atoms with Crippen LogP contribution in [0.5, 0.6) is 0 Å². The molecule has 0 amide bonds. The maximum Gasteiger partial charge on any atom is 0.112 e. The molecule has 2 aromatic rings. The lowest BCUT2D eigenvalue weighted by Crippen LogP contribution is -2.19. The predicted molar refractivity (Wildman–Crippen MR) is 93.8 cm³/mol. The number of H-pyrrole nitrogens is 1. The lowest BCUT2D eigenvalue weighted by Gasteiger charge is -2.24. The molecular weight excluding hydrogens is 320 g/mol. The molecule has 0 radical (unpaired) electrons. The summed E-state index contributed by atoms with van der Waals surface area (Å²) in [6, 6.07) is 2.40. The minimum absolute atomic E-state index is 0.215. The molecule has 0 spiro atoms. The van der Waals surface area contributed by atoms with Gasteiger partial charge in [-0.25, -0.2) is 0 Å². The van der Waals surface area contributed by atoms with Crippen LogP contribution in [0, 0.1) is 23.2 Å². The van der Waals surface area contributed by atoms with Crippen molar-refractivity contribution in [1.82, 2.24) is 20.0 Å². The van der Waals surface area contributed by atoms with Crippen molar-refractivity contribution in [3.63, 3.8) is 0 Å². The quantitative estimate of drug-likeness (QED) is 0.919. The van der Waals surface area contributed by atoms with E-state index in [4.69, 9.17) is 5.26 Å². The number of hydrogen-bond donors (Lipinski definition) is 1. The molecule has 24 heavy (non-hydrogen) atoms. The molecule has 2 aliphatic rings. The highest BCUT2D eigenvalue weighted by Crippen LogP contribution is 2.41. The fourth-order valence-electron chi connectivity index (χ4n) is 3.50. The summed E-state index contributed by atoms with van der Waals surface area (Å²) in [6.07, 6.45) is 14.3. The van der Waals surface area contributed by atoms with Crippen LogP contribution in [0.4, 0.5) is 5.69 Å². The van der Waals surface area contributed by atoms with Crippen LogP contribution >= 0.6 is 11.8 Å². The van der Waals surface area contributed by atoms with Gasteiger partial charge in [0.05, 0.1) is 24.2 Å². The van der Waals surface area contributed by atoms with Crippen molar-refractivity contribution in [3.05, 3.63) is 42.0 Å². The second-order valence-electron chi connectivity index (χ2n) is 6.48. The minimum Gasteiger partial charge on any atom is -0.328 e. The van der Waals surface area contributed by atoms with Gasteiger partial charge < -0.3 is 4.90 Å². The summed E-state index contributed by atoms with van der Waals surface area (Å²) < 4.78 is 2.05. The van der Waals surface area contributed by atoms with Gasteiger partial charge in [-0.1, -0.05) is 0 Å². The molecule has 1 N–H and O–H groups in total. The largest absolute Gasteiger partial charge is 0.328 e. The highest BCUT2D eigenvalue weighted by molar-refractivity contribution is 8.02. The Labute approximate surface area is 145 Å². The summed E-state index contributed by atoms with van der Waals surface area (Å²) >= 11 is 1.77. The van der Waals surface area contributed by atoms with E-state index in [2.05, 4.69) is 48.8 Å². The number of aromatic nitrogens is 4. The zero-order valence-corrected chi connectivity index (χ0v) is 14.2. The van der Waals surface area contributed by atoms with Crippen molar-refractivity contribution in [1.29, 1.82) is 5.26 Å². The fourth-order valence-corrected chi connectivity index (χ4v) is 4.46. The molecule has 1 aliphatic carbocycles. The number of nitriles is 1. The number of anilines is 1. The first-order chi connectivity index (χ1) is 11.8. The Morgan fingerprint density at radius 3 is 2.92 bits per heavy atom. The fraction of sp³-hybridized carbons (Fsp3) is 0.471. The molecule has 124 valence electrons. The van der Waals surface area contributed by atoms with Gasteiger partial charge in [-0.15, -0.1) is 11.8 Å². The molecule has 0 saturated heterocycles. The average molecular weight is 340 g/mol. The van der Waals surface area contributed by atoms with Gasteiger partial charge in [0.25, 0.3) is 0 Å². The second-order valence-corrected chi connectivity index (χ2v) is 7.47. The zero-order chi connectivity index (χ0) is 16.4. The topological polar surface area (TPSA) is 73.5 Å². The van der Waals surface area contributed by atoms with Crippen LogP contribution in [0.15, 0.2) is 36.4 Å². The van der Waals surface area contributed by atoms with Gasteiger partial charge in [0.2, 0.25) is 0 Å². The highest BCUT2D eigenvalue weighted by Gasteiger charge is 2.26. The monoisotopic (exact) mass is 340 g/mol. The third kappa shape index (κ3) is 3.06. The van der Waals surface area contributed by atoms with Gasteiger partial charge in [-0.05, 0) is 37.0 Å². The first-order valence-corrected chi connectivity index (χ1v) is 9.29. The highest BCUT2D eigenvalue weighted by atomic mass is 32.2. The van der Waals surface area contributed by atoms with Crippen LogP contribution < -0.4 is 4.90 Å². The molecule has 1 atom stereocenters. The van der Waals surface area contributed by atoms with E-state index in [9.17, 15) is 0 Å². The lowest BCUT2D eigenvalue weighted by atomic mass is 9.83. The van der Waals surface area contributed by atoms with Crippen molar-refractivity contribution >= 4 is 17.4 Å². The van der Waals surface area contributed by atoms with Crippen molar-refractivity contribution in [2.45, 2.75) is 37.6 Å². The standard InChI is InChI=1S/C17H20N6S/c18-7-13-1-3-14(4-2-13)11-22-12-16(10-21-22)23-5-6-24-17(23)15-8-19-20-9-15/h5-6,8-10,12-14,17H,1-4,11H2,(H,19,20). The van der Waals surface area contributed by atoms with E-state index in [-0.39, 0.29) is 11.3 Å². The Morgan fingerprint density at radius 1 is 1.29 bits per heavy atom. The zero-order valence-electron chi connectivity index (χ0n) is 13.4. The molecule has 0 aromatic carbocycles. The Hall–Kier alpha value is -2.20. The van der Waals surface area contributed by atoms with Crippen LogP contribution in [0.2, 0.25) is 0 Å². The molecule has 4 rings (SSSR count). The third-order valence-electron chi connectivity index (χ3n) is 4.88. The Kier molecular flexibility index (Phi) is 4.30. The molecule has 7 heteroatoms. The normalized spacial score (nSPS) is 26.6. The van der Waals surface area contributed by atoms with Crippen LogP contribution in [0.25, 0.3) is 0 Å². The SMILES string of the molecule is N#CC1CCC(Cn2cc(N3C=CSC3c3cn[nH]c3)cn2)CC1. The van der Waals surface area contributed by atoms with Crippen LogP contribution in [-0.2, 0) is 6.54 Å². The van der Waals surface area contributed by atoms with Gasteiger partial charge in [0, 0.05) is 36.6 Å². The number of rotatable bonds is 4. The van der Waals surface area contributed by atoms with Gasteiger partial charge in [0.1, 0.15) is 5.37 Å². The van der Waals surface area contributed by atoms with E-state index in [1.165, 1.54) is 0 Å². The number of thioether (sulfide) groups is 1. The molecule has 3 heterocycles. The molecule has 1 fully saturated rings. The first-order valence-electron chi connectivity index (χ1n) is 8.34. The van der Waals surface area contributed by atoms with E-state index in [1.807, 2.05) is 18.6 Å². The first kappa shape index (κ1) is 15.3. The van der Waals surface area contributed by atoms with Gasteiger partial charge in [0.15, 0.2) is 0 Å². The van der Waals surface area contributed by atoms with Crippen molar-refractivity contribution < 1.29 is 0 Å². The van der Waals surface area contributed by atoms with Gasteiger partial charge in [-0.3, -0.25) is 9.78 Å². The number of nitrogens with zero attached hydrogens (tertiary/aromatic N) is 5. The van der Waals surface area contributed by atoms with Crippen LogP contribution in [0.1, 0.15) is 36.6 Å². The summed E-state index contributed by atoms with van der Waals surface area (Å²) in [5.41, 5.74) is 2.26. The molecule has 1 aliphatic heterocycles. The van der Waals surface area contributed by atoms with Crippen molar-refractivity contribution in [2.75, 3.05) is 4.90 Å². The van der Waals surface area contributed by atoms with Crippen LogP contribution in [0.3, 0.4) is 0 Å². The minimum atomic E-state index is 0.215. The molecule has 1 saturated carbocycles. The Bertz CT molecular complexity index is 735. The molecular formula is C17H20N6S. The maximum absolute atomic E-state index is 9.01. The van der Waals surface area contributed by atoms with Crippen LogP contribution in [-0.4, -0.2) is 20.0 Å². The molecule has 6 nitrogen and oxygen atoms in total.